The SMILES string of the molecule is Cc1nn(C(C)(C)C)c2nc(C3CC3)cc(C(=O)n3ccccc3=NC(C)C)c12. The van der Waals surface area contributed by atoms with Gasteiger partial charge in [0.2, 0.25) is 0 Å². The Morgan fingerprint density at radius 3 is 2.59 bits per heavy atom. The third-order valence-electron chi connectivity index (χ3n) is 5.14. The average Bonchev–Trinajstić information content (AvgIpc) is 3.43. The summed E-state index contributed by atoms with van der Waals surface area (Å²) in [5.74, 6) is 0.353. The highest BCUT2D eigenvalue weighted by molar-refractivity contribution is 6.07. The van der Waals surface area contributed by atoms with Crippen molar-refractivity contribution >= 4 is 16.9 Å². The van der Waals surface area contributed by atoms with Crippen LogP contribution in [0.5, 0.6) is 0 Å². The highest BCUT2D eigenvalue weighted by atomic mass is 16.2. The van der Waals surface area contributed by atoms with Crippen molar-refractivity contribution in [3.63, 3.8) is 0 Å². The molecule has 4 rings (SSSR count). The number of aryl methyl sites for hydroxylation is 1. The predicted octanol–water partition coefficient (Wildman–Crippen LogP) is 4.17. The fraction of sp³-hybridized carbons (Fsp3) is 0.478. The zero-order chi connectivity index (χ0) is 20.9. The number of nitrogens with zero attached hydrogens (tertiary/aromatic N) is 5. The fourth-order valence-corrected chi connectivity index (χ4v) is 3.64. The molecule has 29 heavy (non-hydrogen) atoms. The molecule has 0 spiro atoms. The highest BCUT2D eigenvalue weighted by Gasteiger charge is 2.30. The van der Waals surface area contributed by atoms with Crippen LogP contribution >= 0.6 is 0 Å². The van der Waals surface area contributed by atoms with E-state index in [0.717, 1.165) is 35.3 Å². The van der Waals surface area contributed by atoms with Crippen molar-refractivity contribution in [2.75, 3.05) is 0 Å². The largest absolute Gasteiger partial charge is 0.268 e. The molecule has 1 saturated carbocycles. The van der Waals surface area contributed by atoms with Gasteiger partial charge >= 0.3 is 0 Å². The Morgan fingerprint density at radius 2 is 1.97 bits per heavy atom. The van der Waals surface area contributed by atoms with Gasteiger partial charge in [-0.2, -0.15) is 5.10 Å². The minimum Gasteiger partial charge on any atom is -0.268 e. The van der Waals surface area contributed by atoms with Crippen LogP contribution in [-0.4, -0.2) is 31.3 Å². The first-order valence-electron chi connectivity index (χ1n) is 10.3. The van der Waals surface area contributed by atoms with Crippen molar-refractivity contribution in [2.45, 2.75) is 71.9 Å². The summed E-state index contributed by atoms with van der Waals surface area (Å²) in [7, 11) is 0. The van der Waals surface area contributed by atoms with E-state index in [1.807, 2.05) is 49.7 Å². The molecule has 1 fully saturated rings. The van der Waals surface area contributed by atoms with E-state index in [-0.39, 0.29) is 17.5 Å². The quantitative estimate of drug-likeness (QED) is 0.673. The van der Waals surface area contributed by atoms with Gasteiger partial charge in [-0.15, -0.1) is 0 Å². The number of carbonyl (C=O) groups is 1. The number of hydrogen-bond donors (Lipinski definition) is 0. The Morgan fingerprint density at radius 1 is 1.24 bits per heavy atom. The van der Waals surface area contributed by atoms with Crippen molar-refractivity contribution in [3.8, 4) is 0 Å². The summed E-state index contributed by atoms with van der Waals surface area (Å²) < 4.78 is 3.59. The zero-order valence-electron chi connectivity index (χ0n) is 18.1. The summed E-state index contributed by atoms with van der Waals surface area (Å²) in [5.41, 5.74) is 3.70. The molecule has 1 aliphatic carbocycles. The zero-order valence-corrected chi connectivity index (χ0v) is 18.1. The Bertz CT molecular complexity index is 1160. The monoisotopic (exact) mass is 391 g/mol. The van der Waals surface area contributed by atoms with Gasteiger partial charge in [0.15, 0.2) is 5.65 Å². The van der Waals surface area contributed by atoms with Crippen LogP contribution in [-0.2, 0) is 5.54 Å². The average molecular weight is 392 g/mol. The third kappa shape index (κ3) is 3.63. The maximum Gasteiger partial charge on any atom is 0.264 e. The molecule has 3 aromatic heterocycles. The van der Waals surface area contributed by atoms with E-state index >= 15 is 0 Å². The lowest BCUT2D eigenvalue weighted by Crippen LogP contribution is -2.28. The van der Waals surface area contributed by atoms with Crippen LogP contribution in [0.15, 0.2) is 35.5 Å². The van der Waals surface area contributed by atoms with Crippen LogP contribution < -0.4 is 5.49 Å². The maximum absolute atomic E-state index is 13.7. The molecule has 0 atom stereocenters. The smallest absolute Gasteiger partial charge is 0.264 e. The van der Waals surface area contributed by atoms with E-state index in [2.05, 4.69) is 25.8 Å². The summed E-state index contributed by atoms with van der Waals surface area (Å²) in [6, 6.07) is 7.72. The van der Waals surface area contributed by atoms with Crippen LogP contribution in [0.1, 0.15) is 75.1 Å². The first-order valence-corrected chi connectivity index (χ1v) is 10.3. The lowest BCUT2D eigenvalue weighted by Gasteiger charge is -2.20. The van der Waals surface area contributed by atoms with Crippen LogP contribution in [0, 0.1) is 6.92 Å². The van der Waals surface area contributed by atoms with Gasteiger partial charge < -0.3 is 0 Å². The molecule has 3 heterocycles. The van der Waals surface area contributed by atoms with E-state index in [1.165, 1.54) is 0 Å². The van der Waals surface area contributed by atoms with Gasteiger partial charge in [-0.1, -0.05) is 6.07 Å². The molecule has 0 N–H and O–H groups in total. The lowest BCUT2D eigenvalue weighted by atomic mass is 10.1. The number of hydrogen-bond acceptors (Lipinski definition) is 4. The standard InChI is InChI=1S/C23H29N5O/c1-14(2)24-19-9-7-8-12-27(19)22(29)17-13-18(16-10-11-16)25-21-20(17)15(3)26-28(21)23(4,5)6/h7-9,12-14,16H,10-11H2,1-6H3. The molecule has 0 unspecified atom stereocenters. The van der Waals surface area contributed by atoms with Crippen molar-refractivity contribution in [2.24, 2.45) is 4.99 Å². The Kier molecular flexibility index (Phi) is 4.68. The molecule has 3 aromatic rings. The molecule has 152 valence electrons. The molecule has 0 radical (unpaired) electrons. The third-order valence-corrected chi connectivity index (χ3v) is 5.14. The molecule has 0 bridgehead atoms. The first-order chi connectivity index (χ1) is 13.7. The first kappa shape index (κ1) is 19.6. The second kappa shape index (κ2) is 6.94. The van der Waals surface area contributed by atoms with E-state index in [4.69, 9.17) is 10.1 Å². The van der Waals surface area contributed by atoms with Crippen molar-refractivity contribution < 1.29 is 4.79 Å². The molecule has 1 aliphatic rings. The number of aromatic nitrogens is 4. The molecule has 0 saturated heterocycles. The normalized spacial score (nSPS) is 15.5. The van der Waals surface area contributed by atoms with Crippen LogP contribution in [0.25, 0.3) is 11.0 Å². The number of fused-ring (bicyclic) bond motifs is 1. The van der Waals surface area contributed by atoms with Crippen LogP contribution in [0.4, 0.5) is 0 Å². The predicted molar refractivity (Wildman–Crippen MR) is 114 cm³/mol. The summed E-state index contributed by atoms with van der Waals surface area (Å²) in [6.45, 7) is 12.3. The van der Waals surface area contributed by atoms with Gasteiger partial charge in [-0.25, -0.2) is 9.67 Å². The molecular formula is C23H29N5O. The Labute approximate surface area is 171 Å². The second-order valence-corrected chi connectivity index (χ2v) is 9.19. The van der Waals surface area contributed by atoms with E-state index in [0.29, 0.717) is 17.0 Å². The van der Waals surface area contributed by atoms with Gasteiger partial charge in [-0.05, 0) is 72.6 Å². The van der Waals surface area contributed by atoms with E-state index in [1.54, 1.807) is 10.8 Å². The van der Waals surface area contributed by atoms with Gasteiger partial charge in [0.1, 0.15) is 5.49 Å². The van der Waals surface area contributed by atoms with E-state index in [9.17, 15) is 4.79 Å². The highest BCUT2D eigenvalue weighted by Crippen LogP contribution is 2.41. The molecule has 6 nitrogen and oxygen atoms in total. The van der Waals surface area contributed by atoms with Crippen LogP contribution in [0.3, 0.4) is 0 Å². The summed E-state index contributed by atoms with van der Waals surface area (Å²) in [4.78, 5) is 23.3. The van der Waals surface area contributed by atoms with Crippen LogP contribution in [0.2, 0.25) is 0 Å². The molecule has 6 heteroatoms. The lowest BCUT2D eigenvalue weighted by molar-refractivity contribution is 0.0956. The Hall–Kier alpha value is -2.76. The van der Waals surface area contributed by atoms with Crippen molar-refractivity contribution in [1.29, 1.82) is 0 Å². The molecule has 0 aromatic carbocycles. The van der Waals surface area contributed by atoms with Crippen molar-refractivity contribution in [3.05, 3.63) is 52.9 Å². The molecular weight excluding hydrogens is 362 g/mol. The van der Waals surface area contributed by atoms with Gasteiger partial charge in [0, 0.05) is 23.9 Å². The minimum atomic E-state index is -0.222. The summed E-state index contributed by atoms with van der Waals surface area (Å²) in [6.07, 6.45) is 4.04. The number of carbonyl (C=O) groups excluding carboxylic acids is 1. The Balaban J connectivity index is 1.99. The van der Waals surface area contributed by atoms with Gasteiger partial charge in [-0.3, -0.25) is 14.4 Å². The van der Waals surface area contributed by atoms with Crippen molar-refractivity contribution in [1.82, 2.24) is 19.3 Å². The number of pyridine rings is 2. The maximum atomic E-state index is 13.7. The van der Waals surface area contributed by atoms with Gasteiger partial charge in [0.05, 0.1) is 22.2 Å². The minimum absolute atomic E-state index is 0.0872. The van der Waals surface area contributed by atoms with E-state index < -0.39 is 0 Å². The number of rotatable bonds is 3. The fourth-order valence-electron chi connectivity index (χ4n) is 3.64. The summed E-state index contributed by atoms with van der Waals surface area (Å²) >= 11 is 0. The van der Waals surface area contributed by atoms with Gasteiger partial charge in [0.25, 0.3) is 5.91 Å². The summed E-state index contributed by atoms with van der Waals surface area (Å²) in [5, 5.41) is 5.59. The second-order valence-electron chi connectivity index (χ2n) is 9.19. The topological polar surface area (TPSA) is 65.1 Å². The molecule has 0 aliphatic heterocycles. The molecule has 0 amide bonds.